The number of anilines is 2. The van der Waals surface area contributed by atoms with E-state index in [1.165, 1.54) is 6.42 Å². The smallest absolute Gasteiger partial charge is 0.136 e. The van der Waals surface area contributed by atoms with Crippen molar-refractivity contribution in [3.63, 3.8) is 0 Å². The first-order valence-electron chi connectivity index (χ1n) is 10.9. The number of hydrogen-bond donors (Lipinski definition) is 1. The molecule has 1 aliphatic heterocycles. The highest BCUT2D eigenvalue weighted by Crippen LogP contribution is 2.31. The van der Waals surface area contributed by atoms with Crippen LogP contribution in [0.25, 0.3) is 16.9 Å². The highest BCUT2D eigenvalue weighted by Gasteiger charge is 2.27. The fraction of sp³-hybridized carbons (Fsp3) is 0.333. The second kappa shape index (κ2) is 8.43. The van der Waals surface area contributed by atoms with E-state index >= 15 is 0 Å². The van der Waals surface area contributed by atoms with Gasteiger partial charge in [-0.3, -0.25) is 4.98 Å². The number of nitrogens with one attached hydrogen (secondary N) is 1. The number of fused-ring (bicyclic) bond motifs is 1. The summed E-state index contributed by atoms with van der Waals surface area (Å²) >= 11 is 0. The minimum atomic E-state index is 0.324. The van der Waals surface area contributed by atoms with Gasteiger partial charge >= 0.3 is 0 Å². The van der Waals surface area contributed by atoms with Crippen molar-refractivity contribution in [2.24, 2.45) is 0 Å². The maximum Gasteiger partial charge on any atom is 0.136 e. The molecule has 5 heterocycles. The first-order chi connectivity index (χ1) is 15.2. The molecule has 4 aromatic rings. The molecule has 4 aromatic heterocycles. The fourth-order valence-electron chi connectivity index (χ4n) is 4.35. The number of rotatable bonds is 5. The molecule has 7 heteroatoms. The topological polar surface area (TPSA) is 71.2 Å². The van der Waals surface area contributed by atoms with E-state index in [0.29, 0.717) is 12.0 Å². The summed E-state index contributed by atoms with van der Waals surface area (Å²) in [6.45, 7) is 6.58. The number of hydrogen-bond acceptors (Lipinski definition) is 6. The lowest BCUT2D eigenvalue weighted by molar-refractivity contribution is 0.149. The van der Waals surface area contributed by atoms with E-state index in [2.05, 4.69) is 34.0 Å². The molecule has 0 amide bonds. The lowest BCUT2D eigenvalue weighted by atomic mass is 9.92. The summed E-state index contributed by atoms with van der Waals surface area (Å²) in [5.41, 5.74) is 3.77. The van der Waals surface area contributed by atoms with Gasteiger partial charge in [-0.1, -0.05) is 6.92 Å². The minimum absolute atomic E-state index is 0.324. The molecule has 0 bridgehead atoms. The SMILES string of the molecule is CCN1C[C@H](c2nc(Nc3ccc4nccn4c3)cc(-c3cccnc3)n2)CC[C@@H]1C. The normalized spacial score (nSPS) is 19.5. The molecule has 7 nitrogen and oxygen atoms in total. The monoisotopic (exact) mass is 413 g/mol. The number of nitrogens with zero attached hydrogens (tertiary/aromatic N) is 6. The zero-order valence-corrected chi connectivity index (χ0v) is 17.9. The van der Waals surface area contributed by atoms with Gasteiger partial charge in [-0.15, -0.1) is 0 Å². The van der Waals surface area contributed by atoms with Crippen LogP contribution in [0.1, 0.15) is 38.4 Å². The van der Waals surface area contributed by atoms with Gasteiger partial charge in [0.1, 0.15) is 17.3 Å². The van der Waals surface area contributed by atoms with E-state index < -0.39 is 0 Å². The largest absolute Gasteiger partial charge is 0.339 e. The predicted octanol–water partition coefficient (Wildman–Crippen LogP) is 4.52. The number of aromatic nitrogens is 5. The summed E-state index contributed by atoms with van der Waals surface area (Å²) in [4.78, 5) is 21.0. The minimum Gasteiger partial charge on any atom is -0.339 e. The quantitative estimate of drug-likeness (QED) is 0.519. The van der Waals surface area contributed by atoms with Gasteiger partial charge in [-0.2, -0.15) is 0 Å². The third kappa shape index (κ3) is 4.14. The van der Waals surface area contributed by atoms with Crippen LogP contribution in [0.15, 0.2) is 61.3 Å². The van der Waals surface area contributed by atoms with Crippen LogP contribution in [0, 0.1) is 0 Å². The maximum atomic E-state index is 4.97. The van der Waals surface area contributed by atoms with Crippen LogP contribution in [0.2, 0.25) is 0 Å². The van der Waals surface area contributed by atoms with Crippen LogP contribution in [-0.2, 0) is 0 Å². The number of piperidine rings is 1. The Balaban J connectivity index is 1.51. The van der Waals surface area contributed by atoms with Gasteiger partial charge in [0.2, 0.25) is 0 Å². The van der Waals surface area contributed by atoms with Crippen molar-refractivity contribution < 1.29 is 0 Å². The summed E-state index contributed by atoms with van der Waals surface area (Å²) in [6.07, 6.45) is 11.7. The molecule has 1 saturated heterocycles. The average molecular weight is 414 g/mol. The fourth-order valence-corrected chi connectivity index (χ4v) is 4.35. The molecule has 0 aliphatic carbocycles. The average Bonchev–Trinajstić information content (AvgIpc) is 3.28. The van der Waals surface area contributed by atoms with Gasteiger partial charge in [0.25, 0.3) is 0 Å². The zero-order chi connectivity index (χ0) is 21.2. The van der Waals surface area contributed by atoms with Crippen LogP contribution in [0.3, 0.4) is 0 Å². The van der Waals surface area contributed by atoms with Crippen molar-refractivity contribution in [1.29, 1.82) is 0 Å². The molecule has 2 atom stereocenters. The molecule has 0 radical (unpaired) electrons. The summed E-state index contributed by atoms with van der Waals surface area (Å²) < 4.78 is 1.99. The van der Waals surface area contributed by atoms with Crippen LogP contribution in [0.4, 0.5) is 11.5 Å². The van der Waals surface area contributed by atoms with E-state index in [1.807, 2.05) is 53.3 Å². The van der Waals surface area contributed by atoms with Crippen LogP contribution < -0.4 is 5.32 Å². The van der Waals surface area contributed by atoms with Crippen LogP contribution >= 0.6 is 0 Å². The molecule has 1 fully saturated rings. The third-order valence-corrected chi connectivity index (χ3v) is 6.14. The van der Waals surface area contributed by atoms with E-state index in [-0.39, 0.29) is 0 Å². The van der Waals surface area contributed by atoms with Gasteiger partial charge in [-0.25, -0.2) is 15.0 Å². The third-order valence-electron chi connectivity index (χ3n) is 6.14. The summed E-state index contributed by atoms with van der Waals surface area (Å²) in [5.74, 6) is 2.02. The molecule has 1 aliphatic rings. The second-order valence-corrected chi connectivity index (χ2v) is 8.18. The Morgan fingerprint density at radius 1 is 1.13 bits per heavy atom. The van der Waals surface area contributed by atoms with Crippen molar-refractivity contribution in [3.05, 3.63) is 67.1 Å². The Bertz CT molecular complexity index is 1170. The van der Waals surface area contributed by atoms with E-state index in [4.69, 9.17) is 9.97 Å². The first kappa shape index (κ1) is 19.6. The zero-order valence-electron chi connectivity index (χ0n) is 17.9. The second-order valence-electron chi connectivity index (χ2n) is 8.18. The molecule has 158 valence electrons. The lowest BCUT2D eigenvalue weighted by Crippen LogP contribution is -2.41. The standard InChI is InChI=1S/C24H27N7/c1-3-30-15-19(7-6-17(30)2)24-28-21(18-5-4-10-25-14-18)13-22(29-24)27-20-8-9-23-26-11-12-31(23)16-20/h4-5,8-14,16-17,19H,3,6-7,15H2,1-2H3,(H,27,28,29)/t17-,19+/m0/s1. The molecule has 0 aromatic carbocycles. The van der Waals surface area contributed by atoms with E-state index in [9.17, 15) is 0 Å². The number of imidazole rings is 1. The predicted molar refractivity (Wildman–Crippen MR) is 122 cm³/mol. The summed E-state index contributed by atoms with van der Waals surface area (Å²) in [6, 6.07) is 10.6. The molecule has 5 rings (SSSR count). The Morgan fingerprint density at radius 3 is 2.90 bits per heavy atom. The Labute approximate surface area is 182 Å². The number of pyridine rings is 2. The molecule has 0 unspecified atom stereocenters. The number of likely N-dealkylation sites (N-methyl/N-ethyl adjacent to an activating group) is 1. The van der Waals surface area contributed by atoms with Gasteiger partial charge in [0, 0.05) is 61.1 Å². The van der Waals surface area contributed by atoms with Crippen molar-refractivity contribution in [1.82, 2.24) is 29.2 Å². The molecule has 0 spiro atoms. The Morgan fingerprint density at radius 2 is 2.06 bits per heavy atom. The van der Waals surface area contributed by atoms with Crippen molar-refractivity contribution in [3.8, 4) is 11.3 Å². The van der Waals surface area contributed by atoms with E-state index in [1.54, 1.807) is 12.4 Å². The first-order valence-corrected chi connectivity index (χ1v) is 10.9. The molecule has 1 N–H and O–H groups in total. The summed E-state index contributed by atoms with van der Waals surface area (Å²) in [5, 5.41) is 3.48. The Kier molecular flexibility index (Phi) is 5.34. The lowest BCUT2D eigenvalue weighted by Gasteiger charge is -2.36. The number of likely N-dealkylation sites (tertiary alicyclic amines) is 1. The molecule has 31 heavy (non-hydrogen) atoms. The highest BCUT2D eigenvalue weighted by molar-refractivity contribution is 5.65. The summed E-state index contributed by atoms with van der Waals surface area (Å²) in [7, 11) is 0. The van der Waals surface area contributed by atoms with Crippen LogP contribution in [0.5, 0.6) is 0 Å². The van der Waals surface area contributed by atoms with Crippen molar-refractivity contribution in [2.45, 2.75) is 38.6 Å². The van der Waals surface area contributed by atoms with Crippen molar-refractivity contribution in [2.75, 3.05) is 18.4 Å². The van der Waals surface area contributed by atoms with Gasteiger partial charge in [0.05, 0.1) is 11.4 Å². The van der Waals surface area contributed by atoms with E-state index in [0.717, 1.165) is 53.7 Å². The maximum absolute atomic E-state index is 4.97. The molecular weight excluding hydrogens is 386 g/mol. The van der Waals surface area contributed by atoms with Gasteiger partial charge in [-0.05, 0) is 50.6 Å². The molecular formula is C24H27N7. The van der Waals surface area contributed by atoms with Crippen LogP contribution in [-0.4, -0.2) is 48.4 Å². The Hall–Kier alpha value is -3.32. The van der Waals surface area contributed by atoms with Crippen molar-refractivity contribution >= 4 is 17.2 Å². The molecule has 0 saturated carbocycles. The van der Waals surface area contributed by atoms with Gasteiger partial charge in [0.15, 0.2) is 0 Å². The highest BCUT2D eigenvalue weighted by atomic mass is 15.2. The van der Waals surface area contributed by atoms with Gasteiger partial charge < -0.3 is 14.6 Å².